The average molecular weight is 415 g/mol. The summed E-state index contributed by atoms with van der Waals surface area (Å²) in [7, 11) is 0. The van der Waals surface area contributed by atoms with Gasteiger partial charge in [0.15, 0.2) is 0 Å². The van der Waals surface area contributed by atoms with Crippen molar-refractivity contribution in [2.75, 3.05) is 26.2 Å². The Hall–Kier alpha value is -0.900. The van der Waals surface area contributed by atoms with E-state index in [2.05, 4.69) is 10.1 Å². The van der Waals surface area contributed by atoms with Crippen LogP contribution in [0, 0.1) is 0 Å². The van der Waals surface area contributed by atoms with Gasteiger partial charge in [0.05, 0.1) is 6.42 Å². The fraction of sp³-hybridized carbons (Fsp3) is 0.571. The van der Waals surface area contributed by atoms with E-state index in [0.717, 1.165) is 6.07 Å². The van der Waals surface area contributed by atoms with Gasteiger partial charge in [-0.1, -0.05) is 18.2 Å². The Morgan fingerprint density at radius 3 is 2.08 bits per heavy atom. The molecular weight excluding hydrogens is 397 g/mol. The van der Waals surface area contributed by atoms with Crippen molar-refractivity contribution in [3.05, 3.63) is 29.8 Å². The minimum absolute atomic E-state index is 0. The quantitative estimate of drug-likeness (QED) is 0.742. The maximum Gasteiger partial charge on any atom is 0.573 e. The molecule has 1 aliphatic heterocycles. The number of halogens is 8. The first-order chi connectivity index (χ1) is 10.7. The van der Waals surface area contributed by atoms with Crippen LogP contribution in [0.1, 0.15) is 18.0 Å². The van der Waals surface area contributed by atoms with E-state index in [1.165, 1.54) is 23.1 Å². The van der Waals surface area contributed by atoms with Gasteiger partial charge in [0.1, 0.15) is 5.75 Å². The fourth-order valence-electron chi connectivity index (χ4n) is 2.62. The lowest BCUT2D eigenvalue weighted by molar-refractivity contribution is -0.275. The van der Waals surface area contributed by atoms with Crippen molar-refractivity contribution in [2.24, 2.45) is 0 Å². The molecule has 146 valence electrons. The van der Waals surface area contributed by atoms with Crippen LogP contribution < -0.4 is 10.1 Å². The third kappa shape index (κ3) is 7.89. The summed E-state index contributed by atoms with van der Waals surface area (Å²) in [4.78, 5) is 1.53. The maximum absolute atomic E-state index is 12.9. The third-order valence-electron chi connectivity index (χ3n) is 3.52. The topological polar surface area (TPSA) is 24.5 Å². The van der Waals surface area contributed by atoms with Crippen LogP contribution in [0.2, 0.25) is 0 Å². The van der Waals surface area contributed by atoms with Gasteiger partial charge in [-0.05, 0) is 6.07 Å². The molecule has 0 spiro atoms. The molecule has 1 saturated heterocycles. The summed E-state index contributed by atoms with van der Waals surface area (Å²) >= 11 is 0. The van der Waals surface area contributed by atoms with Crippen molar-refractivity contribution in [2.45, 2.75) is 25.0 Å². The summed E-state index contributed by atoms with van der Waals surface area (Å²) in [5.74, 6) is -0.590. The van der Waals surface area contributed by atoms with Crippen LogP contribution in [0.3, 0.4) is 0 Å². The lowest BCUT2D eigenvalue weighted by atomic mass is 9.99. The number of hydrogen-bond donors (Lipinski definition) is 1. The lowest BCUT2D eigenvalue weighted by Gasteiger charge is -2.36. The number of nitrogens with zero attached hydrogens (tertiary/aromatic N) is 1. The largest absolute Gasteiger partial charge is 0.573 e. The summed E-state index contributed by atoms with van der Waals surface area (Å²) in [6, 6.07) is 3.78. The first-order valence-electron chi connectivity index (χ1n) is 7.02. The van der Waals surface area contributed by atoms with Gasteiger partial charge < -0.3 is 10.1 Å². The summed E-state index contributed by atoms with van der Waals surface area (Å²) in [5.41, 5.74) is -0.107. The van der Waals surface area contributed by atoms with Crippen LogP contribution in [0.25, 0.3) is 0 Å². The van der Waals surface area contributed by atoms with Crippen LogP contribution in [0.15, 0.2) is 24.3 Å². The number of rotatable bonds is 4. The molecule has 1 fully saturated rings. The van der Waals surface area contributed by atoms with Crippen LogP contribution in [-0.4, -0.2) is 43.6 Å². The molecule has 0 aromatic heterocycles. The second-order valence-electron chi connectivity index (χ2n) is 5.21. The number of ether oxygens (including phenoxy) is 1. The predicted molar refractivity (Wildman–Crippen MR) is 85.5 cm³/mol. The molecule has 0 radical (unpaired) electrons. The Morgan fingerprint density at radius 1 is 1.00 bits per heavy atom. The molecule has 1 aromatic carbocycles. The SMILES string of the molecule is Cl.Cl.FC(F)(F)C[C@@H](c1ccccc1OC(F)(F)F)N1CCNCC1. The Balaban J connectivity index is 0.00000288. The van der Waals surface area contributed by atoms with E-state index in [4.69, 9.17) is 0 Å². The van der Waals surface area contributed by atoms with E-state index in [1.54, 1.807) is 0 Å². The molecule has 1 aromatic rings. The van der Waals surface area contributed by atoms with E-state index < -0.39 is 30.8 Å². The van der Waals surface area contributed by atoms with Crippen LogP contribution in [0.5, 0.6) is 5.75 Å². The summed E-state index contributed by atoms with van der Waals surface area (Å²) in [6.45, 7) is 1.61. The Morgan fingerprint density at radius 2 is 1.56 bits per heavy atom. The zero-order chi connectivity index (χ0) is 17.1. The Bertz CT molecular complexity index is 521. The highest BCUT2D eigenvalue weighted by Gasteiger charge is 2.39. The predicted octanol–water partition coefficient (Wildman–Crippen LogP) is 4.33. The molecule has 0 bridgehead atoms. The van der Waals surface area contributed by atoms with E-state index in [1.807, 2.05) is 0 Å². The van der Waals surface area contributed by atoms with Crippen molar-refractivity contribution >= 4 is 24.8 Å². The van der Waals surface area contributed by atoms with Gasteiger partial charge in [0.2, 0.25) is 0 Å². The minimum Gasteiger partial charge on any atom is -0.405 e. The zero-order valence-corrected chi connectivity index (χ0v) is 14.5. The van der Waals surface area contributed by atoms with Crippen molar-refractivity contribution in [1.82, 2.24) is 10.2 Å². The van der Waals surface area contributed by atoms with Gasteiger partial charge in [0, 0.05) is 37.8 Å². The van der Waals surface area contributed by atoms with E-state index in [9.17, 15) is 26.3 Å². The molecule has 0 unspecified atom stereocenters. The van der Waals surface area contributed by atoms with Crippen molar-refractivity contribution in [3.8, 4) is 5.75 Å². The van der Waals surface area contributed by atoms with Gasteiger partial charge in [-0.3, -0.25) is 4.90 Å². The fourth-order valence-corrected chi connectivity index (χ4v) is 2.62. The monoisotopic (exact) mass is 414 g/mol. The molecule has 0 aliphatic carbocycles. The summed E-state index contributed by atoms with van der Waals surface area (Å²) < 4.78 is 80.1. The first-order valence-corrected chi connectivity index (χ1v) is 7.02. The number of alkyl halides is 6. The molecule has 1 aliphatic rings. The number of hydrogen-bond acceptors (Lipinski definition) is 3. The standard InChI is InChI=1S/C14H16F6N2O.2ClH/c15-13(16,17)9-11(22-7-5-21-6-8-22)10-3-1-2-4-12(10)23-14(18,19)20;;/h1-4,11,21H,5-9H2;2*1H/t11-;;/m0../s1. The Kier molecular flexibility index (Phi) is 9.35. The normalized spacial score (nSPS) is 17.2. The maximum atomic E-state index is 12.9. The first kappa shape index (κ1) is 24.1. The van der Waals surface area contributed by atoms with Gasteiger partial charge in [-0.2, -0.15) is 13.2 Å². The molecule has 1 N–H and O–H groups in total. The molecule has 1 atom stereocenters. The molecule has 2 rings (SSSR count). The highest BCUT2D eigenvalue weighted by molar-refractivity contribution is 5.85. The molecular formula is C14H18Cl2F6N2O. The highest BCUT2D eigenvalue weighted by atomic mass is 35.5. The van der Waals surface area contributed by atoms with Gasteiger partial charge in [-0.25, -0.2) is 0 Å². The van der Waals surface area contributed by atoms with Gasteiger partial charge >= 0.3 is 12.5 Å². The average Bonchev–Trinajstić information content (AvgIpc) is 2.44. The molecule has 25 heavy (non-hydrogen) atoms. The van der Waals surface area contributed by atoms with E-state index in [0.29, 0.717) is 26.2 Å². The molecule has 1 heterocycles. The smallest absolute Gasteiger partial charge is 0.405 e. The van der Waals surface area contributed by atoms with Crippen LogP contribution in [-0.2, 0) is 0 Å². The van der Waals surface area contributed by atoms with Crippen LogP contribution >= 0.6 is 24.8 Å². The summed E-state index contributed by atoms with van der Waals surface area (Å²) in [5, 5.41) is 3.00. The lowest BCUT2D eigenvalue weighted by Crippen LogP contribution is -2.46. The van der Waals surface area contributed by atoms with Crippen molar-refractivity contribution in [3.63, 3.8) is 0 Å². The highest BCUT2D eigenvalue weighted by Crippen LogP contribution is 2.39. The minimum atomic E-state index is -4.96. The number of benzene rings is 1. The zero-order valence-electron chi connectivity index (χ0n) is 12.9. The van der Waals surface area contributed by atoms with E-state index >= 15 is 0 Å². The third-order valence-corrected chi connectivity index (χ3v) is 3.52. The number of piperazine rings is 1. The second kappa shape index (κ2) is 9.70. The molecule has 0 amide bonds. The van der Waals surface area contributed by atoms with Crippen LogP contribution in [0.4, 0.5) is 26.3 Å². The molecule has 11 heteroatoms. The number of nitrogens with one attached hydrogen (secondary N) is 1. The van der Waals surface area contributed by atoms with E-state index in [-0.39, 0.29) is 30.4 Å². The second-order valence-corrected chi connectivity index (χ2v) is 5.21. The van der Waals surface area contributed by atoms with Gasteiger partial charge in [0.25, 0.3) is 0 Å². The van der Waals surface area contributed by atoms with Crippen molar-refractivity contribution in [1.29, 1.82) is 0 Å². The molecule has 0 saturated carbocycles. The summed E-state index contributed by atoms with van der Waals surface area (Å²) in [6.07, 6.45) is -10.7. The number of para-hydroxylation sites is 1. The Labute approximate surface area is 153 Å². The van der Waals surface area contributed by atoms with Gasteiger partial charge in [-0.15, -0.1) is 38.0 Å². The van der Waals surface area contributed by atoms with Crippen molar-refractivity contribution < 1.29 is 31.1 Å². The molecule has 3 nitrogen and oxygen atoms in total.